The number of aliphatic imine (C=N–C) groups is 1. The highest BCUT2D eigenvalue weighted by Crippen LogP contribution is 1.97. The molecule has 0 aliphatic heterocycles. The number of hydrogen-bond acceptors (Lipinski definition) is 5. The van der Waals surface area contributed by atoms with Gasteiger partial charge in [-0.15, -0.1) is 0 Å². The van der Waals surface area contributed by atoms with Crippen LogP contribution in [-0.4, -0.2) is 58.9 Å². The number of furan rings is 1. The molecule has 23 heavy (non-hydrogen) atoms. The van der Waals surface area contributed by atoms with Gasteiger partial charge in [0.25, 0.3) is 0 Å². The van der Waals surface area contributed by atoms with Crippen molar-refractivity contribution in [2.24, 2.45) is 4.99 Å². The molecule has 0 spiro atoms. The maximum atomic E-state index is 11.7. The predicted molar refractivity (Wildman–Crippen MR) is 87.2 cm³/mol. The second-order valence-electron chi connectivity index (χ2n) is 4.67. The van der Waals surface area contributed by atoms with Crippen LogP contribution in [0.15, 0.2) is 27.8 Å². The van der Waals surface area contributed by atoms with E-state index in [1.54, 1.807) is 26.5 Å². The molecule has 1 rings (SSSR count). The van der Waals surface area contributed by atoms with Crippen molar-refractivity contribution in [3.8, 4) is 0 Å². The number of methoxy groups -OCH3 is 1. The summed E-state index contributed by atoms with van der Waals surface area (Å²) in [4.78, 5) is 15.8. The first-order valence-corrected chi connectivity index (χ1v) is 7.56. The molecular formula is C15H26N4O4. The normalized spacial score (nSPS) is 11.3. The number of carbonyl (C=O) groups excluding carboxylic acids is 1. The minimum absolute atomic E-state index is 0.132. The van der Waals surface area contributed by atoms with E-state index in [1.807, 2.05) is 6.07 Å². The second-order valence-corrected chi connectivity index (χ2v) is 4.67. The van der Waals surface area contributed by atoms with Crippen LogP contribution in [0.25, 0.3) is 0 Å². The summed E-state index contributed by atoms with van der Waals surface area (Å²) in [6, 6.07) is 3.59. The molecule has 0 saturated heterocycles. The summed E-state index contributed by atoms with van der Waals surface area (Å²) >= 11 is 0. The van der Waals surface area contributed by atoms with Gasteiger partial charge < -0.3 is 29.8 Å². The van der Waals surface area contributed by atoms with Crippen molar-refractivity contribution < 1.29 is 18.7 Å². The number of nitrogens with zero attached hydrogens (tertiary/aromatic N) is 1. The average Bonchev–Trinajstić information content (AvgIpc) is 3.08. The van der Waals surface area contributed by atoms with Crippen molar-refractivity contribution >= 4 is 11.9 Å². The molecule has 1 amide bonds. The fourth-order valence-corrected chi connectivity index (χ4v) is 1.67. The molecule has 0 bridgehead atoms. The first-order valence-electron chi connectivity index (χ1n) is 7.56. The summed E-state index contributed by atoms with van der Waals surface area (Å²) in [6.07, 6.45) is 2.42. The van der Waals surface area contributed by atoms with Crippen molar-refractivity contribution in [1.29, 1.82) is 0 Å². The van der Waals surface area contributed by atoms with E-state index >= 15 is 0 Å². The number of ether oxygens (including phenoxy) is 2. The molecule has 8 heteroatoms. The Morgan fingerprint density at radius 3 is 2.83 bits per heavy atom. The van der Waals surface area contributed by atoms with E-state index in [0.717, 1.165) is 6.42 Å². The van der Waals surface area contributed by atoms with Crippen LogP contribution in [0.2, 0.25) is 0 Å². The monoisotopic (exact) mass is 326 g/mol. The lowest BCUT2D eigenvalue weighted by Gasteiger charge is -2.11. The number of hydrogen-bond donors (Lipinski definition) is 3. The molecule has 1 heterocycles. The molecule has 0 atom stereocenters. The molecule has 0 saturated carbocycles. The van der Waals surface area contributed by atoms with Gasteiger partial charge in [-0.25, -0.2) is 0 Å². The highest BCUT2D eigenvalue weighted by molar-refractivity contribution is 5.86. The zero-order chi connectivity index (χ0) is 16.8. The largest absolute Gasteiger partial charge is 0.467 e. The van der Waals surface area contributed by atoms with Crippen LogP contribution < -0.4 is 16.0 Å². The third-order valence-corrected chi connectivity index (χ3v) is 2.87. The van der Waals surface area contributed by atoms with Crippen molar-refractivity contribution in [2.75, 3.05) is 47.1 Å². The highest BCUT2D eigenvalue weighted by Gasteiger charge is 2.04. The summed E-state index contributed by atoms with van der Waals surface area (Å²) in [5.41, 5.74) is 0. The first-order chi connectivity index (χ1) is 11.3. The summed E-state index contributed by atoms with van der Waals surface area (Å²) in [7, 11) is 3.30. The van der Waals surface area contributed by atoms with E-state index < -0.39 is 0 Å². The van der Waals surface area contributed by atoms with Crippen molar-refractivity contribution in [2.45, 2.75) is 13.0 Å². The van der Waals surface area contributed by atoms with Gasteiger partial charge in [-0.1, -0.05) is 0 Å². The van der Waals surface area contributed by atoms with Crippen LogP contribution >= 0.6 is 0 Å². The number of carbonyl (C=O) groups is 1. The van der Waals surface area contributed by atoms with Gasteiger partial charge in [-0.05, 0) is 18.6 Å². The maximum Gasteiger partial charge on any atom is 0.239 e. The summed E-state index contributed by atoms with van der Waals surface area (Å²) in [5, 5.41) is 8.81. The molecule has 0 aliphatic rings. The molecule has 1 aromatic rings. The minimum Gasteiger partial charge on any atom is -0.467 e. The fraction of sp³-hybridized carbons (Fsp3) is 0.600. The third-order valence-electron chi connectivity index (χ3n) is 2.87. The molecule has 0 aromatic carbocycles. The van der Waals surface area contributed by atoms with Crippen LogP contribution in [0.4, 0.5) is 0 Å². The van der Waals surface area contributed by atoms with Gasteiger partial charge in [0, 0.05) is 27.3 Å². The fourth-order valence-electron chi connectivity index (χ4n) is 1.67. The molecule has 3 N–H and O–H groups in total. The van der Waals surface area contributed by atoms with Crippen LogP contribution in [0.1, 0.15) is 12.2 Å². The van der Waals surface area contributed by atoms with Gasteiger partial charge in [0.15, 0.2) is 5.96 Å². The van der Waals surface area contributed by atoms with Gasteiger partial charge >= 0.3 is 0 Å². The quantitative estimate of drug-likeness (QED) is 0.303. The summed E-state index contributed by atoms with van der Waals surface area (Å²) in [5.74, 6) is 1.16. The predicted octanol–water partition coefficient (Wildman–Crippen LogP) is 0.114. The lowest BCUT2D eigenvalue weighted by atomic mass is 10.4. The van der Waals surface area contributed by atoms with Crippen LogP contribution in [-0.2, 0) is 20.8 Å². The van der Waals surface area contributed by atoms with Gasteiger partial charge in [0.1, 0.15) is 5.76 Å². The lowest BCUT2D eigenvalue weighted by Crippen LogP contribution is -2.43. The second kappa shape index (κ2) is 12.5. The van der Waals surface area contributed by atoms with E-state index in [2.05, 4.69) is 20.9 Å². The third kappa shape index (κ3) is 9.54. The zero-order valence-electron chi connectivity index (χ0n) is 13.8. The Bertz CT molecular complexity index is 448. The standard InChI is InChI=1S/C15H26N4O4/c1-16-15(17-6-4-7-22-10-9-21-2)19-12-14(20)18-11-13-5-3-8-23-13/h3,5,8H,4,6-7,9-12H2,1-2H3,(H,18,20)(H2,16,17,19). The van der Waals surface area contributed by atoms with E-state index in [-0.39, 0.29) is 12.5 Å². The molecular weight excluding hydrogens is 300 g/mol. The van der Waals surface area contributed by atoms with E-state index in [4.69, 9.17) is 13.9 Å². The van der Waals surface area contributed by atoms with Crippen molar-refractivity contribution in [1.82, 2.24) is 16.0 Å². The number of nitrogens with one attached hydrogen (secondary N) is 3. The van der Waals surface area contributed by atoms with E-state index in [9.17, 15) is 4.79 Å². The summed E-state index contributed by atoms with van der Waals surface area (Å²) in [6.45, 7) is 3.07. The van der Waals surface area contributed by atoms with E-state index in [1.165, 1.54) is 0 Å². The van der Waals surface area contributed by atoms with Crippen molar-refractivity contribution in [3.63, 3.8) is 0 Å². The maximum absolute atomic E-state index is 11.7. The van der Waals surface area contributed by atoms with Crippen LogP contribution in [0.3, 0.4) is 0 Å². The van der Waals surface area contributed by atoms with Crippen molar-refractivity contribution in [3.05, 3.63) is 24.2 Å². The zero-order valence-corrected chi connectivity index (χ0v) is 13.8. The number of amides is 1. The first kappa shape index (κ1) is 19.0. The Balaban J connectivity index is 2.05. The average molecular weight is 326 g/mol. The van der Waals surface area contributed by atoms with Gasteiger partial charge in [-0.3, -0.25) is 9.79 Å². The molecule has 1 aromatic heterocycles. The Morgan fingerprint density at radius 2 is 2.13 bits per heavy atom. The number of rotatable bonds is 11. The molecule has 0 radical (unpaired) electrons. The smallest absolute Gasteiger partial charge is 0.239 e. The molecule has 130 valence electrons. The highest BCUT2D eigenvalue weighted by atomic mass is 16.5. The van der Waals surface area contributed by atoms with Crippen LogP contribution in [0.5, 0.6) is 0 Å². The van der Waals surface area contributed by atoms with Gasteiger partial charge in [0.2, 0.25) is 5.91 Å². The Labute approximate surface area is 136 Å². The van der Waals surface area contributed by atoms with Gasteiger partial charge in [0.05, 0.1) is 32.6 Å². The molecule has 0 aliphatic carbocycles. The Morgan fingerprint density at radius 1 is 1.26 bits per heavy atom. The van der Waals surface area contributed by atoms with Gasteiger partial charge in [-0.2, -0.15) is 0 Å². The summed E-state index contributed by atoms with van der Waals surface area (Å²) < 4.78 is 15.4. The molecule has 0 fully saturated rings. The Kier molecular flexibility index (Phi) is 10.3. The number of guanidine groups is 1. The molecule has 8 nitrogen and oxygen atoms in total. The topological polar surface area (TPSA) is 97.1 Å². The van der Waals surface area contributed by atoms with E-state index in [0.29, 0.717) is 44.6 Å². The molecule has 0 unspecified atom stereocenters. The lowest BCUT2D eigenvalue weighted by molar-refractivity contribution is -0.120. The van der Waals surface area contributed by atoms with Crippen LogP contribution in [0, 0.1) is 0 Å². The Hall–Kier alpha value is -2.06. The minimum atomic E-state index is -0.132. The SMILES string of the molecule is CN=C(NCCCOCCOC)NCC(=O)NCc1ccco1.